The van der Waals surface area contributed by atoms with Gasteiger partial charge in [-0.25, -0.2) is 9.37 Å². The van der Waals surface area contributed by atoms with Crippen molar-refractivity contribution < 1.29 is 50.2 Å². The number of aromatic nitrogens is 1. The van der Waals surface area contributed by atoms with Crippen molar-refractivity contribution in [2.45, 2.75) is 69.9 Å². The second-order valence-electron chi connectivity index (χ2n) is 14.9. The predicted octanol–water partition coefficient (Wildman–Crippen LogP) is 6.03. The Labute approximate surface area is 327 Å². The van der Waals surface area contributed by atoms with Crippen molar-refractivity contribution in [3.63, 3.8) is 0 Å². The third kappa shape index (κ3) is 8.09. The summed E-state index contributed by atoms with van der Waals surface area (Å²) in [6.45, 7) is 8.15. The zero-order valence-corrected chi connectivity index (χ0v) is 33.1. The molecule has 1 saturated heterocycles. The molecule has 5 rings (SSSR count). The first-order valence-corrected chi connectivity index (χ1v) is 19.8. The van der Waals surface area contributed by atoms with Crippen LogP contribution in [0.25, 0.3) is 0 Å². The molecule has 0 aliphatic carbocycles. The maximum absolute atomic E-state index is 14.8. The lowest BCUT2D eigenvalue weighted by Gasteiger charge is -2.43. The Hall–Kier alpha value is -5.39. The van der Waals surface area contributed by atoms with Gasteiger partial charge < -0.3 is 36.0 Å². The number of alkyl halides is 3. The van der Waals surface area contributed by atoms with Gasteiger partial charge in [0.25, 0.3) is 20.1 Å². The molecule has 304 valence electrons. The number of carbonyl (C=O) groups excluding carboxylic acids is 3. The molecule has 0 bridgehead atoms. The molecule has 2 heterocycles. The van der Waals surface area contributed by atoms with Crippen molar-refractivity contribution in [1.82, 2.24) is 4.98 Å². The number of hydrogen-bond acceptors (Lipinski definition) is 8. The van der Waals surface area contributed by atoms with E-state index in [1.165, 1.54) is 0 Å². The van der Waals surface area contributed by atoms with Crippen LogP contribution < -0.4 is 37.2 Å². The van der Waals surface area contributed by atoms with Crippen LogP contribution in [-0.2, 0) is 18.8 Å². The Bertz CT molecular complexity index is 2100. The predicted molar refractivity (Wildman–Crippen MR) is 207 cm³/mol. The minimum absolute atomic E-state index is 0.00593. The monoisotopic (exact) mass is 813 g/mol. The van der Waals surface area contributed by atoms with Crippen LogP contribution in [0.4, 0.5) is 39.1 Å². The minimum Gasteiger partial charge on any atom is -0.493 e. The number of methoxy groups -OCH3 is 1. The standard InChI is InChI=1S/C40H44F5N5O6Si/c1-22-30(25-17-18-26(41)31(42)34(25)54-6)35(56-39(22,5)40(43,44)45)37(53)50-32-27(46)21-28(49-33(32)36(47)52)48-29(51)19-20-55-57(38(2,3)4,23-13-9-7-10-14-23)24-15-11-8-12-16-24/h7-18,21-22,30,35H,19-20H2,1-6H3,(H2,47,52)(H,50,53)(H3,46,48,49,51)/t22-,30?,35+,39+/m0/s1. The molecule has 4 atom stereocenters. The maximum atomic E-state index is 14.8. The number of primary amides is 1. The van der Waals surface area contributed by atoms with E-state index >= 15 is 0 Å². The zero-order valence-electron chi connectivity index (χ0n) is 32.1. The molecule has 4 aromatic rings. The number of nitrogens with two attached hydrogens (primary N) is 2. The molecule has 1 aromatic heterocycles. The molecule has 1 unspecified atom stereocenters. The molecule has 0 saturated carbocycles. The average Bonchev–Trinajstić information content (AvgIpc) is 3.43. The van der Waals surface area contributed by atoms with Crippen molar-refractivity contribution in [3.8, 4) is 5.75 Å². The van der Waals surface area contributed by atoms with Gasteiger partial charge >= 0.3 is 6.18 Å². The third-order valence-electron chi connectivity index (χ3n) is 10.4. The van der Waals surface area contributed by atoms with Crippen LogP contribution in [0.2, 0.25) is 5.04 Å². The number of carbonyl (C=O) groups is 3. The number of nitrogens with one attached hydrogen (secondary N) is 2. The number of nitrogens with zero attached hydrogens (tertiary/aromatic N) is 1. The van der Waals surface area contributed by atoms with E-state index in [2.05, 4.69) is 36.4 Å². The van der Waals surface area contributed by atoms with Crippen LogP contribution in [0.15, 0.2) is 78.9 Å². The second kappa shape index (κ2) is 16.2. The largest absolute Gasteiger partial charge is 0.493 e. The van der Waals surface area contributed by atoms with Crippen LogP contribution in [0.1, 0.15) is 63.0 Å². The van der Waals surface area contributed by atoms with Crippen LogP contribution >= 0.6 is 0 Å². The fourth-order valence-corrected chi connectivity index (χ4v) is 12.0. The molecule has 3 amide bonds. The van der Waals surface area contributed by atoms with E-state index in [1.54, 1.807) is 0 Å². The molecule has 1 aliphatic heterocycles. The van der Waals surface area contributed by atoms with Crippen LogP contribution in [0, 0.1) is 17.6 Å². The van der Waals surface area contributed by atoms with Gasteiger partial charge in [0.2, 0.25) is 11.7 Å². The van der Waals surface area contributed by atoms with Gasteiger partial charge in [-0.1, -0.05) is 94.4 Å². The summed E-state index contributed by atoms with van der Waals surface area (Å²) in [6, 6.07) is 22.4. The molecule has 17 heteroatoms. The van der Waals surface area contributed by atoms with Crippen LogP contribution in [0.3, 0.4) is 0 Å². The number of amides is 3. The Balaban J connectivity index is 1.40. The quantitative estimate of drug-likeness (QED) is 0.0994. The Morgan fingerprint density at radius 2 is 1.53 bits per heavy atom. The first kappa shape index (κ1) is 42.7. The van der Waals surface area contributed by atoms with Gasteiger partial charge in [0.05, 0.1) is 18.5 Å². The molecule has 0 radical (unpaired) electrons. The van der Waals surface area contributed by atoms with Crippen molar-refractivity contribution in [2.24, 2.45) is 11.7 Å². The topological polar surface area (TPSA) is 168 Å². The normalized spacial score (nSPS) is 19.9. The first-order chi connectivity index (χ1) is 26.7. The van der Waals surface area contributed by atoms with Gasteiger partial charge in [-0.2, -0.15) is 17.6 Å². The van der Waals surface area contributed by atoms with E-state index in [4.69, 9.17) is 25.4 Å². The highest BCUT2D eigenvalue weighted by atomic mass is 28.4. The molecular weight excluding hydrogens is 770 g/mol. The molecule has 3 aromatic carbocycles. The number of anilines is 3. The van der Waals surface area contributed by atoms with Crippen LogP contribution in [0.5, 0.6) is 5.75 Å². The molecule has 1 fully saturated rings. The van der Waals surface area contributed by atoms with Gasteiger partial charge in [0.15, 0.2) is 22.9 Å². The van der Waals surface area contributed by atoms with E-state index in [9.17, 15) is 36.3 Å². The summed E-state index contributed by atoms with van der Waals surface area (Å²) in [5.41, 5.74) is 7.16. The van der Waals surface area contributed by atoms with Crippen molar-refractivity contribution in [1.29, 1.82) is 0 Å². The lowest BCUT2D eigenvalue weighted by molar-refractivity contribution is -0.272. The van der Waals surface area contributed by atoms with Crippen LogP contribution in [-0.4, -0.2) is 62.6 Å². The number of halogens is 5. The Morgan fingerprint density at radius 3 is 2.04 bits per heavy atom. The lowest BCUT2D eigenvalue weighted by Crippen LogP contribution is -2.66. The lowest BCUT2D eigenvalue weighted by atomic mass is 9.77. The van der Waals surface area contributed by atoms with Gasteiger partial charge in [-0.15, -0.1) is 0 Å². The SMILES string of the molecule is COc1c(C2[C@H](C(=O)Nc3c(N)cc(NC(=O)CCO[Si](c4ccccc4)(c4ccccc4)C(C)(C)C)nc3C(N)=O)O[C@@](C)(C(F)(F)F)[C@H]2C)ccc(F)c1F. The molecular formula is C40H44F5N5O6Si. The molecule has 57 heavy (non-hydrogen) atoms. The zero-order chi connectivity index (χ0) is 42.1. The number of rotatable bonds is 12. The smallest absolute Gasteiger partial charge is 0.417 e. The van der Waals surface area contributed by atoms with Gasteiger partial charge in [0, 0.05) is 36.5 Å². The number of nitrogen functional groups attached to an aromatic ring is 1. The Kier molecular flexibility index (Phi) is 12.2. The number of hydrogen-bond donors (Lipinski definition) is 4. The van der Waals surface area contributed by atoms with E-state index < -0.39 is 84.5 Å². The molecule has 11 nitrogen and oxygen atoms in total. The van der Waals surface area contributed by atoms with Gasteiger partial charge in [-0.05, 0) is 28.4 Å². The molecule has 6 N–H and O–H groups in total. The first-order valence-electron chi connectivity index (χ1n) is 17.9. The summed E-state index contributed by atoms with van der Waals surface area (Å²) in [5.74, 6) is -9.82. The summed E-state index contributed by atoms with van der Waals surface area (Å²) >= 11 is 0. The van der Waals surface area contributed by atoms with Gasteiger partial charge in [0.1, 0.15) is 11.9 Å². The van der Waals surface area contributed by atoms with Crippen molar-refractivity contribution in [2.75, 3.05) is 30.1 Å². The van der Waals surface area contributed by atoms with E-state index in [1.807, 2.05) is 60.7 Å². The number of pyridine rings is 1. The fourth-order valence-electron chi connectivity index (χ4n) is 7.44. The van der Waals surface area contributed by atoms with Crippen molar-refractivity contribution in [3.05, 3.63) is 102 Å². The highest BCUT2D eigenvalue weighted by Crippen LogP contribution is 2.55. The highest BCUT2D eigenvalue weighted by Gasteiger charge is 2.66. The summed E-state index contributed by atoms with van der Waals surface area (Å²) in [6.07, 6.45) is -7.16. The van der Waals surface area contributed by atoms with E-state index in [-0.39, 0.29) is 35.1 Å². The summed E-state index contributed by atoms with van der Waals surface area (Å²) in [7, 11) is -1.97. The summed E-state index contributed by atoms with van der Waals surface area (Å²) < 4.78 is 89.4. The molecule has 0 spiro atoms. The molecule has 1 aliphatic rings. The Morgan fingerprint density at radius 1 is 0.947 bits per heavy atom. The maximum Gasteiger partial charge on any atom is 0.417 e. The minimum atomic E-state index is -5.02. The fraction of sp³-hybridized carbons (Fsp3) is 0.350. The third-order valence-corrected chi connectivity index (χ3v) is 15.5. The summed E-state index contributed by atoms with van der Waals surface area (Å²) in [4.78, 5) is 43.9. The van der Waals surface area contributed by atoms with Gasteiger partial charge in [-0.3, -0.25) is 14.4 Å². The van der Waals surface area contributed by atoms with E-state index in [0.717, 1.165) is 43.5 Å². The average molecular weight is 814 g/mol. The number of benzene rings is 3. The second-order valence-corrected chi connectivity index (χ2v) is 19.2. The summed E-state index contributed by atoms with van der Waals surface area (Å²) in [5, 5.41) is 6.52. The number of ether oxygens (including phenoxy) is 2. The van der Waals surface area contributed by atoms with E-state index in [0.29, 0.717) is 6.07 Å². The van der Waals surface area contributed by atoms with Crippen molar-refractivity contribution >= 4 is 53.6 Å². The highest BCUT2D eigenvalue weighted by molar-refractivity contribution is 6.99.